The zero-order valence-corrected chi connectivity index (χ0v) is 16.5. The maximum absolute atomic E-state index is 12.0. The summed E-state index contributed by atoms with van der Waals surface area (Å²) in [6, 6.07) is 13.4. The number of amidine groups is 1. The lowest BCUT2D eigenvalue weighted by Gasteiger charge is -2.06. The Bertz CT molecular complexity index is 1050. The number of hydrogen-bond acceptors (Lipinski definition) is 7. The van der Waals surface area contributed by atoms with Crippen molar-refractivity contribution in [3.05, 3.63) is 48.0 Å². The summed E-state index contributed by atoms with van der Waals surface area (Å²) in [5.74, 6) is 1.58. The van der Waals surface area contributed by atoms with E-state index in [1.54, 1.807) is 0 Å². The van der Waals surface area contributed by atoms with E-state index in [1.165, 1.54) is 0 Å². The molecule has 9 heteroatoms. The molecule has 5 rings (SSSR count). The van der Waals surface area contributed by atoms with Crippen LogP contribution in [-0.2, 0) is 4.79 Å². The monoisotopic (exact) mass is 480 g/mol. The van der Waals surface area contributed by atoms with Crippen LogP contribution in [0.3, 0.4) is 0 Å². The summed E-state index contributed by atoms with van der Waals surface area (Å²) in [5.41, 5.74) is 11.6. The molecular weight excluding hydrogens is 459 g/mol. The standard InChI is InChI=1S/C18H16N6O2.HI.2H2/c25-18(10-4-5-10)19-13-3-1-2-11(8-13)16-14-9-12(17-20-23-24-21-17)6-7-15(14)22-26-16;;;/h1-3,6-10,23-24H,4-5H2,(H,19,25)(H,20,21);3*1H. The van der Waals surface area contributed by atoms with Crippen LogP contribution in [0.2, 0.25) is 0 Å². The molecule has 0 saturated heterocycles. The second-order valence-electron chi connectivity index (χ2n) is 6.41. The van der Waals surface area contributed by atoms with Gasteiger partial charge in [-0.15, -0.1) is 34.6 Å². The highest BCUT2D eigenvalue weighted by molar-refractivity contribution is 14.0. The van der Waals surface area contributed by atoms with Crippen molar-refractivity contribution >= 4 is 52.3 Å². The lowest BCUT2D eigenvalue weighted by atomic mass is 10.1. The van der Waals surface area contributed by atoms with Gasteiger partial charge in [0.15, 0.2) is 11.6 Å². The van der Waals surface area contributed by atoms with Gasteiger partial charge in [-0.1, -0.05) is 17.3 Å². The van der Waals surface area contributed by atoms with E-state index in [0.29, 0.717) is 11.6 Å². The number of anilines is 1. The Morgan fingerprint density at radius 2 is 2.07 bits per heavy atom. The predicted octanol–water partition coefficient (Wildman–Crippen LogP) is 3.23. The number of amides is 1. The Balaban J connectivity index is 0.000001000. The number of nitrogens with one attached hydrogen (secondary N) is 4. The van der Waals surface area contributed by atoms with Gasteiger partial charge in [0.25, 0.3) is 0 Å². The normalized spacial score (nSPS) is 15.5. The number of carbonyl (C=O) groups excluding carboxylic acids is 1. The SMILES string of the molecule is I.O=C(Nc1cccc(-c2onc3ccc(C4=NNNN4)cc23)c1)C1CC1.[HH].[HH]. The van der Waals surface area contributed by atoms with Crippen molar-refractivity contribution in [1.82, 2.24) is 21.7 Å². The summed E-state index contributed by atoms with van der Waals surface area (Å²) in [6.45, 7) is 0. The van der Waals surface area contributed by atoms with Gasteiger partial charge in [-0.2, -0.15) is 0 Å². The van der Waals surface area contributed by atoms with E-state index >= 15 is 0 Å². The first-order valence-corrected chi connectivity index (χ1v) is 8.43. The van der Waals surface area contributed by atoms with Crippen molar-refractivity contribution in [3.63, 3.8) is 0 Å². The van der Waals surface area contributed by atoms with Gasteiger partial charge < -0.3 is 9.84 Å². The van der Waals surface area contributed by atoms with Crippen LogP contribution in [0.25, 0.3) is 22.2 Å². The maximum atomic E-state index is 12.0. The van der Waals surface area contributed by atoms with Gasteiger partial charge in [-0.25, -0.2) is 5.53 Å². The van der Waals surface area contributed by atoms with Crippen LogP contribution < -0.4 is 21.8 Å². The van der Waals surface area contributed by atoms with Gasteiger partial charge in [-0.05, 0) is 43.2 Å². The minimum Gasteiger partial charge on any atom is -0.355 e. The highest BCUT2D eigenvalue weighted by Gasteiger charge is 2.29. The molecule has 8 nitrogen and oxygen atoms in total. The predicted molar refractivity (Wildman–Crippen MR) is 116 cm³/mol. The number of aromatic nitrogens is 1. The third-order valence-corrected chi connectivity index (χ3v) is 4.49. The third kappa shape index (κ3) is 3.47. The molecule has 1 aliphatic carbocycles. The van der Waals surface area contributed by atoms with Crippen molar-refractivity contribution in [2.24, 2.45) is 11.0 Å². The third-order valence-electron chi connectivity index (χ3n) is 4.49. The molecule has 1 aliphatic heterocycles. The van der Waals surface area contributed by atoms with E-state index in [-0.39, 0.29) is 38.7 Å². The number of halogens is 1. The molecule has 1 saturated carbocycles. The molecule has 2 aliphatic rings. The summed E-state index contributed by atoms with van der Waals surface area (Å²) < 4.78 is 5.58. The van der Waals surface area contributed by atoms with Gasteiger partial charge in [0.2, 0.25) is 5.91 Å². The van der Waals surface area contributed by atoms with E-state index in [1.807, 2.05) is 42.5 Å². The smallest absolute Gasteiger partial charge is 0.227 e. The first-order chi connectivity index (χ1) is 12.8. The van der Waals surface area contributed by atoms with Crippen LogP contribution in [0.5, 0.6) is 0 Å². The number of hydrazone groups is 1. The molecule has 142 valence electrons. The summed E-state index contributed by atoms with van der Waals surface area (Å²) in [7, 11) is 0. The van der Waals surface area contributed by atoms with Crippen molar-refractivity contribution in [2.45, 2.75) is 12.8 Å². The molecule has 3 aromatic rings. The van der Waals surface area contributed by atoms with Crippen LogP contribution in [-0.4, -0.2) is 16.9 Å². The topological polar surface area (TPSA) is 104 Å². The first kappa shape index (κ1) is 17.7. The van der Waals surface area contributed by atoms with Crippen molar-refractivity contribution < 1.29 is 12.2 Å². The van der Waals surface area contributed by atoms with Gasteiger partial charge in [-0.3, -0.25) is 10.2 Å². The molecule has 4 N–H and O–H groups in total. The molecule has 0 unspecified atom stereocenters. The lowest BCUT2D eigenvalue weighted by Crippen LogP contribution is -2.35. The van der Waals surface area contributed by atoms with E-state index in [2.05, 4.69) is 32.1 Å². The van der Waals surface area contributed by atoms with Crippen LogP contribution in [0, 0.1) is 5.92 Å². The molecule has 0 bridgehead atoms. The van der Waals surface area contributed by atoms with Crippen LogP contribution >= 0.6 is 24.0 Å². The Labute approximate surface area is 174 Å². The number of nitrogens with zero attached hydrogens (tertiary/aromatic N) is 2. The first-order valence-electron chi connectivity index (χ1n) is 8.43. The molecule has 1 amide bonds. The molecule has 0 spiro atoms. The number of rotatable bonds is 4. The van der Waals surface area contributed by atoms with Crippen molar-refractivity contribution in [2.75, 3.05) is 5.32 Å². The van der Waals surface area contributed by atoms with E-state index < -0.39 is 0 Å². The highest BCUT2D eigenvalue weighted by atomic mass is 127. The van der Waals surface area contributed by atoms with Crippen LogP contribution in [0.4, 0.5) is 5.69 Å². The molecular formula is C18H21IN6O2. The van der Waals surface area contributed by atoms with Crippen LogP contribution in [0.1, 0.15) is 21.3 Å². The Morgan fingerprint density at radius 1 is 1.19 bits per heavy atom. The maximum Gasteiger partial charge on any atom is 0.227 e. The van der Waals surface area contributed by atoms with Crippen molar-refractivity contribution in [3.8, 4) is 11.3 Å². The van der Waals surface area contributed by atoms with Gasteiger partial charge >= 0.3 is 0 Å². The second-order valence-corrected chi connectivity index (χ2v) is 6.41. The van der Waals surface area contributed by atoms with Gasteiger partial charge in [0.05, 0.1) is 5.39 Å². The fourth-order valence-corrected chi connectivity index (χ4v) is 2.96. The second kappa shape index (κ2) is 7.16. The summed E-state index contributed by atoms with van der Waals surface area (Å²) in [6.07, 6.45) is 1.95. The summed E-state index contributed by atoms with van der Waals surface area (Å²) in [5, 5.41) is 12.1. The Morgan fingerprint density at radius 3 is 2.85 bits per heavy atom. The quantitative estimate of drug-likeness (QED) is 0.428. The zero-order valence-electron chi connectivity index (χ0n) is 14.2. The molecule has 2 heterocycles. The number of fused-ring (bicyclic) bond motifs is 1. The number of hydrogen-bond donors (Lipinski definition) is 4. The molecule has 1 fully saturated rings. The minimum atomic E-state index is 0. The number of carbonyl (C=O) groups is 1. The fraction of sp³-hybridized carbons (Fsp3) is 0.167. The molecule has 27 heavy (non-hydrogen) atoms. The molecule has 1 aromatic heterocycles. The van der Waals surface area contributed by atoms with Crippen LogP contribution in [0.15, 0.2) is 52.1 Å². The van der Waals surface area contributed by atoms with Gasteiger partial charge in [0.1, 0.15) is 5.52 Å². The van der Waals surface area contributed by atoms with E-state index in [0.717, 1.165) is 40.6 Å². The van der Waals surface area contributed by atoms with E-state index in [9.17, 15) is 4.79 Å². The zero-order chi connectivity index (χ0) is 17.5. The summed E-state index contributed by atoms with van der Waals surface area (Å²) in [4.78, 5) is 12.0. The highest BCUT2D eigenvalue weighted by Crippen LogP contribution is 2.33. The average molecular weight is 480 g/mol. The lowest BCUT2D eigenvalue weighted by molar-refractivity contribution is -0.117. The number of benzene rings is 2. The number of hydrazine groups is 2. The largest absolute Gasteiger partial charge is 0.355 e. The summed E-state index contributed by atoms with van der Waals surface area (Å²) >= 11 is 0. The molecule has 0 atom stereocenters. The molecule has 0 radical (unpaired) electrons. The Kier molecular flexibility index (Phi) is 4.70. The average Bonchev–Trinajstić information content (AvgIpc) is 3.21. The van der Waals surface area contributed by atoms with E-state index in [4.69, 9.17) is 4.52 Å². The minimum absolute atomic E-state index is 0. The Hall–Kier alpha value is -2.66. The fourth-order valence-electron chi connectivity index (χ4n) is 2.96. The van der Waals surface area contributed by atoms with Crippen molar-refractivity contribution in [1.29, 1.82) is 0 Å². The molecule has 2 aromatic carbocycles. The van der Waals surface area contributed by atoms with Gasteiger partial charge in [0, 0.05) is 25.6 Å².